The molecule has 1 aliphatic rings. The second-order valence-electron chi connectivity index (χ2n) is 7.45. The number of carbonyl (C=O) groups excluding carboxylic acids is 2. The summed E-state index contributed by atoms with van der Waals surface area (Å²) in [6, 6.07) is 8.11. The number of hydrogen-bond acceptors (Lipinski definition) is 5. The van der Waals surface area contributed by atoms with Gasteiger partial charge in [0.2, 0.25) is 0 Å². The zero-order valence-electron chi connectivity index (χ0n) is 16.4. The van der Waals surface area contributed by atoms with E-state index in [4.69, 9.17) is 14.2 Å². The molecule has 1 heterocycles. The number of esters is 2. The molecule has 0 radical (unpaired) electrons. The molecule has 0 N–H and O–H groups in total. The van der Waals surface area contributed by atoms with Gasteiger partial charge in [0.1, 0.15) is 24.9 Å². The van der Waals surface area contributed by atoms with Gasteiger partial charge in [0.05, 0.1) is 0 Å². The first-order valence-corrected chi connectivity index (χ1v) is 8.91. The van der Waals surface area contributed by atoms with Crippen LogP contribution in [-0.4, -0.2) is 36.9 Å². The first-order valence-electron chi connectivity index (χ1n) is 8.91. The molecule has 0 amide bonds. The fourth-order valence-electron chi connectivity index (χ4n) is 2.58. The van der Waals surface area contributed by atoms with Gasteiger partial charge in [-0.25, -0.2) is 0 Å². The van der Waals surface area contributed by atoms with Crippen LogP contribution in [0.25, 0.3) is 0 Å². The summed E-state index contributed by atoms with van der Waals surface area (Å²) in [6.45, 7) is 9.13. The van der Waals surface area contributed by atoms with Gasteiger partial charge >= 0.3 is 11.9 Å². The molecule has 3 atom stereocenters. The topological polar surface area (TPSA) is 61.8 Å². The van der Waals surface area contributed by atoms with Gasteiger partial charge in [0.15, 0.2) is 0 Å². The molecule has 0 aliphatic carbocycles. The smallest absolute Gasteiger partial charge is 0.303 e. The lowest BCUT2D eigenvalue weighted by molar-refractivity contribution is -0.161. The van der Waals surface area contributed by atoms with E-state index in [1.165, 1.54) is 19.4 Å². The summed E-state index contributed by atoms with van der Waals surface area (Å²) >= 11 is 0. The van der Waals surface area contributed by atoms with Gasteiger partial charge in [0, 0.05) is 19.4 Å². The minimum Gasteiger partial charge on any atom is -0.463 e. The van der Waals surface area contributed by atoms with Crippen LogP contribution >= 0.6 is 0 Å². The van der Waals surface area contributed by atoms with E-state index >= 15 is 0 Å². The van der Waals surface area contributed by atoms with Crippen molar-refractivity contribution in [1.29, 1.82) is 0 Å². The van der Waals surface area contributed by atoms with Crippen LogP contribution in [0.5, 0.6) is 0 Å². The maximum absolute atomic E-state index is 11.2. The van der Waals surface area contributed by atoms with Crippen molar-refractivity contribution in [1.82, 2.24) is 0 Å². The van der Waals surface area contributed by atoms with Crippen molar-refractivity contribution in [2.75, 3.05) is 6.61 Å². The SMILES string of the molecule is CC(=O)OCC1OC(C#Cc2ccc(C(C)(C)C)cc2)C=CC1OC(C)=O. The molecule has 0 fully saturated rings. The average molecular weight is 370 g/mol. The van der Waals surface area contributed by atoms with Crippen LogP contribution in [0.2, 0.25) is 0 Å². The third kappa shape index (κ3) is 6.58. The second kappa shape index (κ2) is 8.88. The molecule has 0 aromatic heterocycles. The van der Waals surface area contributed by atoms with Crippen molar-refractivity contribution in [3.05, 3.63) is 47.5 Å². The lowest BCUT2D eigenvalue weighted by Crippen LogP contribution is -2.41. The lowest BCUT2D eigenvalue weighted by atomic mass is 9.87. The normalized spacial score (nSPS) is 21.7. The average Bonchev–Trinajstić information content (AvgIpc) is 2.58. The Bertz CT molecular complexity index is 759. The Morgan fingerprint density at radius 2 is 1.74 bits per heavy atom. The van der Waals surface area contributed by atoms with Crippen LogP contribution in [0.3, 0.4) is 0 Å². The summed E-state index contributed by atoms with van der Waals surface area (Å²) in [5, 5.41) is 0. The van der Waals surface area contributed by atoms with Gasteiger partial charge in [-0.15, -0.1) is 0 Å². The predicted molar refractivity (Wildman–Crippen MR) is 102 cm³/mol. The van der Waals surface area contributed by atoms with Crippen molar-refractivity contribution in [2.45, 2.75) is 58.3 Å². The summed E-state index contributed by atoms with van der Waals surface area (Å²) in [5.74, 6) is 5.29. The summed E-state index contributed by atoms with van der Waals surface area (Å²) < 4.78 is 16.0. The van der Waals surface area contributed by atoms with Gasteiger partial charge in [-0.2, -0.15) is 0 Å². The van der Waals surface area contributed by atoms with Gasteiger partial charge < -0.3 is 14.2 Å². The Labute approximate surface area is 160 Å². The highest BCUT2D eigenvalue weighted by atomic mass is 16.6. The quantitative estimate of drug-likeness (QED) is 0.465. The molecule has 0 spiro atoms. The number of ether oxygens (including phenoxy) is 3. The Morgan fingerprint density at radius 3 is 2.30 bits per heavy atom. The van der Waals surface area contributed by atoms with Gasteiger partial charge in [-0.1, -0.05) is 44.7 Å². The number of hydrogen-bond donors (Lipinski definition) is 0. The van der Waals surface area contributed by atoms with Crippen LogP contribution in [0.15, 0.2) is 36.4 Å². The van der Waals surface area contributed by atoms with E-state index < -0.39 is 30.3 Å². The zero-order valence-corrected chi connectivity index (χ0v) is 16.4. The van der Waals surface area contributed by atoms with E-state index in [1.807, 2.05) is 12.1 Å². The number of benzene rings is 1. The van der Waals surface area contributed by atoms with Gasteiger partial charge in [-0.3, -0.25) is 9.59 Å². The molecular formula is C22H26O5. The Morgan fingerprint density at radius 1 is 1.07 bits per heavy atom. The first kappa shape index (κ1) is 20.7. The molecular weight excluding hydrogens is 344 g/mol. The van der Waals surface area contributed by atoms with Gasteiger partial charge in [-0.05, 0) is 35.3 Å². The highest BCUT2D eigenvalue weighted by Gasteiger charge is 2.30. The Balaban J connectivity index is 2.09. The van der Waals surface area contributed by atoms with Crippen molar-refractivity contribution in [3.63, 3.8) is 0 Å². The van der Waals surface area contributed by atoms with Gasteiger partial charge in [0.25, 0.3) is 0 Å². The molecule has 27 heavy (non-hydrogen) atoms. The molecule has 1 aliphatic heterocycles. The van der Waals surface area contributed by atoms with Crippen LogP contribution in [0.4, 0.5) is 0 Å². The van der Waals surface area contributed by atoms with E-state index in [2.05, 4.69) is 44.7 Å². The molecule has 2 rings (SSSR count). The summed E-state index contributed by atoms with van der Waals surface area (Å²) in [7, 11) is 0. The third-order valence-electron chi connectivity index (χ3n) is 4.03. The van der Waals surface area contributed by atoms with Crippen molar-refractivity contribution >= 4 is 11.9 Å². The fraction of sp³-hybridized carbons (Fsp3) is 0.455. The first-order chi connectivity index (χ1) is 12.6. The van der Waals surface area contributed by atoms with Crippen LogP contribution in [0.1, 0.15) is 45.7 Å². The van der Waals surface area contributed by atoms with E-state index in [1.54, 1.807) is 12.2 Å². The molecule has 1 aromatic rings. The van der Waals surface area contributed by atoms with Crippen molar-refractivity contribution in [2.24, 2.45) is 0 Å². The molecule has 0 bridgehead atoms. The van der Waals surface area contributed by atoms with E-state index in [0.717, 1.165) is 5.56 Å². The lowest BCUT2D eigenvalue weighted by Gasteiger charge is -2.29. The maximum Gasteiger partial charge on any atom is 0.303 e. The molecule has 0 saturated heterocycles. The number of rotatable bonds is 3. The van der Waals surface area contributed by atoms with Crippen LogP contribution in [-0.2, 0) is 29.2 Å². The monoisotopic (exact) mass is 370 g/mol. The predicted octanol–water partition coefficient (Wildman–Crippen LogP) is 3.15. The molecule has 144 valence electrons. The third-order valence-corrected chi connectivity index (χ3v) is 4.03. The second-order valence-corrected chi connectivity index (χ2v) is 7.45. The minimum atomic E-state index is -0.606. The van der Waals surface area contributed by atoms with Crippen LogP contribution < -0.4 is 0 Å². The summed E-state index contributed by atoms with van der Waals surface area (Å²) in [6.07, 6.45) is 1.80. The zero-order chi connectivity index (χ0) is 20.0. The molecule has 1 aromatic carbocycles. The largest absolute Gasteiger partial charge is 0.463 e. The highest BCUT2D eigenvalue weighted by molar-refractivity contribution is 5.67. The fourth-order valence-corrected chi connectivity index (χ4v) is 2.58. The van der Waals surface area contributed by atoms with E-state index in [9.17, 15) is 9.59 Å². The standard InChI is InChI=1S/C22H26O5/c1-15(23)25-14-21-20(26-16(2)24)13-12-19(27-21)11-8-17-6-9-18(10-7-17)22(3,4)5/h6-7,9-10,12-13,19-21H,14H2,1-5H3. The molecule has 0 saturated carbocycles. The molecule has 3 unspecified atom stereocenters. The minimum absolute atomic E-state index is 0.00389. The Hall–Kier alpha value is -2.58. The van der Waals surface area contributed by atoms with E-state index in [-0.39, 0.29) is 12.0 Å². The van der Waals surface area contributed by atoms with E-state index in [0.29, 0.717) is 0 Å². The van der Waals surface area contributed by atoms with Crippen molar-refractivity contribution < 1.29 is 23.8 Å². The summed E-state index contributed by atoms with van der Waals surface area (Å²) in [5.41, 5.74) is 2.22. The molecule has 5 heteroatoms. The summed E-state index contributed by atoms with van der Waals surface area (Å²) in [4.78, 5) is 22.3. The number of carbonyl (C=O) groups is 2. The maximum atomic E-state index is 11.2. The van der Waals surface area contributed by atoms with Crippen LogP contribution in [0, 0.1) is 11.8 Å². The molecule has 5 nitrogen and oxygen atoms in total. The highest BCUT2D eigenvalue weighted by Crippen LogP contribution is 2.22. The Kier molecular flexibility index (Phi) is 6.81. The van der Waals surface area contributed by atoms with Crippen molar-refractivity contribution in [3.8, 4) is 11.8 Å².